The molecule has 3 rings (SSSR count). The monoisotopic (exact) mass is 240 g/mol. The van der Waals surface area contributed by atoms with Crippen LogP contribution in [-0.4, -0.2) is 4.57 Å². The van der Waals surface area contributed by atoms with Crippen LogP contribution in [0.15, 0.2) is 24.3 Å². The number of fused-ring (bicyclic) bond motifs is 3. The molecule has 1 aromatic heterocycles. The Labute approximate surface area is 95.8 Å². The van der Waals surface area contributed by atoms with E-state index >= 15 is 0 Å². The van der Waals surface area contributed by atoms with Gasteiger partial charge in [-0.25, -0.2) is 0 Å². The van der Waals surface area contributed by atoms with Gasteiger partial charge in [0.05, 0.1) is 11.1 Å². The predicted octanol–water partition coefficient (Wildman–Crippen LogP) is 3.06. The Kier molecular flexibility index (Phi) is 2.04. The highest BCUT2D eigenvalue weighted by atomic mass is 19.4. The third kappa shape index (κ3) is 1.45. The van der Waals surface area contributed by atoms with E-state index < -0.39 is 11.7 Å². The van der Waals surface area contributed by atoms with Crippen molar-refractivity contribution < 1.29 is 13.2 Å². The van der Waals surface area contributed by atoms with Crippen molar-refractivity contribution in [3.63, 3.8) is 0 Å². The first kappa shape index (κ1) is 10.7. The third-order valence-corrected chi connectivity index (χ3v) is 3.30. The molecule has 0 amide bonds. The van der Waals surface area contributed by atoms with Crippen LogP contribution in [0.4, 0.5) is 13.2 Å². The van der Waals surface area contributed by atoms with Gasteiger partial charge in [-0.2, -0.15) is 13.2 Å². The lowest BCUT2D eigenvalue weighted by Crippen LogP contribution is -2.08. The van der Waals surface area contributed by atoms with Gasteiger partial charge < -0.3 is 10.3 Å². The first-order chi connectivity index (χ1) is 7.98. The highest BCUT2D eigenvalue weighted by molar-refractivity contribution is 5.85. The van der Waals surface area contributed by atoms with Crippen molar-refractivity contribution in [1.29, 1.82) is 0 Å². The zero-order chi connectivity index (χ0) is 12.2. The lowest BCUT2D eigenvalue weighted by Gasteiger charge is -2.10. The van der Waals surface area contributed by atoms with Gasteiger partial charge in [0.1, 0.15) is 0 Å². The van der Waals surface area contributed by atoms with Gasteiger partial charge in [0.2, 0.25) is 0 Å². The molecule has 2 heterocycles. The fraction of sp³-hybridized carbons (Fsp3) is 0.333. The molecule has 2 N–H and O–H groups in total. The van der Waals surface area contributed by atoms with Crippen molar-refractivity contribution in [1.82, 2.24) is 4.57 Å². The summed E-state index contributed by atoms with van der Waals surface area (Å²) in [5, 5.41) is 0.616. The van der Waals surface area contributed by atoms with Crippen molar-refractivity contribution >= 4 is 10.9 Å². The van der Waals surface area contributed by atoms with Crippen LogP contribution in [0.25, 0.3) is 10.9 Å². The smallest absolute Gasteiger partial charge is 0.342 e. The summed E-state index contributed by atoms with van der Waals surface area (Å²) in [6.45, 7) is 0.563. The Bertz CT molecular complexity index is 583. The number of para-hydroxylation sites is 1. The predicted molar refractivity (Wildman–Crippen MR) is 58.5 cm³/mol. The molecule has 5 heteroatoms. The molecule has 2 nitrogen and oxygen atoms in total. The van der Waals surface area contributed by atoms with Gasteiger partial charge in [0.15, 0.2) is 0 Å². The van der Waals surface area contributed by atoms with Gasteiger partial charge in [-0.3, -0.25) is 0 Å². The SMILES string of the molecule is NC1CCn2c1cc1cccc(C(F)(F)F)c12. The maximum Gasteiger partial charge on any atom is 0.418 e. The quantitative estimate of drug-likeness (QED) is 0.753. The highest BCUT2D eigenvalue weighted by Gasteiger charge is 2.35. The maximum absolute atomic E-state index is 12.9. The van der Waals surface area contributed by atoms with Gasteiger partial charge in [0, 0.05) is 23.7 Å². The number of halogens is 3. The molecule has 0 spiro atoms. The first-order valence-corrected chi connectivity index (χ1v) is 5.43. The van der Waals surface area contributed by atoms with Gasteiger partial charge in [0.25, 0.3) is 0 Å². The molecule has 0 aliphatic carbocycles. The number of nitrogens with two attached hydrogens (primary N) is 1. The Balaban J connectivity index is 2.36. The molecule has 2 aromatic rings. The normalized spacial score (nSPS) is 19.9. The number of alkyl halides is 3. The summed E-state index contributed by atoms with van der Waals surface area (Å²) in [5.74, 6) is 0. The summed E-state index contributed by atoms with van der Waals surface area (Å²) < 4.78 is 40.4. The second-order valence-corrected chi connectivity index (χ2v) is 4.36. The Morgan fingerprint density at radius 1 is 1.29 bits per heavy atom. The second kappa shape index (κ2) is 3.26. The minimum Gasteiger partial charge on any atom is -0.342 e. The average molecular weight is 240 g/mol. The fourth-order valence-corrected chi connectivity index (χ4v) is 2.54. The third-order valence-electron chi connectivity index (χ3n) is 3.30. The molecule has 1 aliphatic heterocycles. The molecular weight excluding hydrogens is 229 g/mol. The molecule has 17 heavy (non-hydrogen) atoms. The Hall–Kier alpha value is -1.49. The molecule has 90 valence electrons. The summed E-state index contributed by atoms with van der Waals surface area (Å²) in [6, 6.07) is 5.87. The van der Waals surface area contributed by atoms with Crippen molar-refractivity contribution in [3.05, 3.63) is 35.5 Å². The summed E-state index contributed by atoms with van der Waals surface area (Å²) in [6.07, 6.45) is -3.61. The van der Waals surface area contributed by atoms with Gasteiger partial charge in [-0.1, -0.05) is 12.1 Å². The number of hydrogen-bond acceptors (Lipinski definition) is 1. The molecule has 0 bridgehead atoms. The van der Waals surface area contributed by atoms with Crippen molar-refractivity contribution in [2.75, 3.05) is 0 Å². The maximum atomic E-state index is 12.9. The molecule has 1 unspecified atom stereocenters. The largest absolute Gasteiger partial charge is 0.418 e. The van der Waals surface area contributed by atoms with Gasteiger partial charge >= 0.3 is 6.18 Å². The average Bonchev–Trinajstić information content (AvgIpc) is 2.77. The van der Waals surface area contributed by atoms with Crippen LogP contribution < -0.4 is 5.73 Å². The lowest BCUT2D eigenvalue weighted by molar-refractivity contribution is -0.136. The molecule has 0 radical (unpaired) electrons. The number of rotatable bonds is 0. The zero-order valence-corrected chi connectivity index (χ0v) is 8.96. The van der Waals surface area contributed by atoms with Crippen molar-refractivity contribution in [2.45, 2.75) is 25.2 Å². The standard InChI is InChI=1S/C12H11F3N2/c13-12(14,15)8-3-1-2-7-6-10-9(16)4-5-17(10)11(7)8/h1-3,6,9H,4-5,16H2. The van der Waals surface area contributed by atoms with E-state index in [1.54, 1.807) is 16.7 Å². The zero-order valence-electron chi connectivity index (χ0n) is 8.96. The summed E-state index contributed by atoms with van der Waals surface area (Å²) in [4.78, 5) is 0. The minimum atomic E-state index is -4.32. The summed E-state index contributed by atoms with van der Waals surface area (Å²) >= 11 is 0. The number of hydrogen-bond donors (Lipinski definition) is 1. The van der Waals surface area contributed by atoms with Crippen molar-refractivity contribution in [3.8, 4) is 0 Å². The van der Waals surface area contributed by atoms with Crippen LogP contribution >= 0.6 is 0 Å². The van der Waals surface area contributed by atoms with E-state index in [1.807, 2.05) is 0 Å². The molecule has 1 aliphatic rings. The highest BCUT2D eigenvalue weighted by Crippen LogP contribution is 2.39. The molecule has 0 saturated carbocycles. The minimum absolute atomic E-state index is 0.150. The fourth-order valence-electron chi connectivity index (χ4n) is 2.54. The molecule has 1 aromatic carbocycles. The number of benzene rings is 1. The topological polar surface area (TPSA) is 30.9 Å². The Morgan fingerprint density at radius 2 is 2.06 bits per heavy atom. The van der Waals surface area contributed by atoms with Crippen LogP contribution in [0.5, 0.6) is 0 Å². The second-order valence-electron chi connectivity index (χ2n) is 4.36. The van der Waals surface area contributed by atoms with Crippen LogP contribution in [0.1, 0.15) is 23.7 Å². The van der Waals surface area contributed by atoms with Crippen LogP contribution in [0.2, 0.25) is 0 Å². The molecule has 1 atom stereocenters. The molecular formula is C12H11F3N2. The van der Waals surface area contributed by atoms with E-state index in [0.717, 1.165) is 11.8 Å². The number of aryl methyl sites for hydroxylation is 1. The molecule has 0 fully saturated rings. The van der Waals surface area contributed by atoms with E-state index in [2.05, 4.69) is 0 Å². The van der Waals surface area contributed by atoms with E-state index in [-0.39, 0.29) is 11.6 Å². The number of nitrogens with zero attached hydrogens (tertiary/aromatic N) is 1. The lowest BCUT2D eigenvalue weighted by atomic mass is 10.1. The van der Waals surface area contributed by atoms with Crippen molar-refractivity contribution in [2.24, 2.45) is 5.73 Å². The first-order valence-electron chi connectivity index (χ1n) is 5.43. The van der Waals surface area contributed by atoms with Crippen LogP contribution in [0.3, 0.4) is 0 Å². The van der Waals surface area contributed by atoms with Gasteiger partial charge in [-0.05, 0) is 18.6 Å². The summed E-state index contributed by atoms with van der Waals surface area (Å²) in [5.41, 5.74) is 6.36. The number of aromatic nitrogens is 1. The van der Waals surface area contributed by atoms with Gasteiger partial charge in [-0.15, -0.1) is 0 Å². The van der Waals surface area contributed by atoms with E-state index in [1.165, 1.54) is 6.07 Å². The van der Waals surface area contributed by atoms with E-state index in [0.29, 0.717) is 18.4 Å². The summed E-state index contributed by atoms with van der Waals surface area (Å²) in [7, 11) is 0. The van der Waals surface area contributed by atoms with E-state index in [9.17, 15) is 13.2 Å². The Morgan fingerprint density at radius 3 is 2.76 bits per heavy atom. The molecule has 0 saturated heterocycles. The van der Waals surface area contributed by atoms with Crippen LogP contribution in [0, 0.1) is 0 Å². The van der Waals surface area contributed by atoms with E-state index in [4.69, 9.17) is 5.73 Å². The van der Waals surface area contributed by atoms with Crippen LogP contribution in [-0.2, 0) is 12.7 Å².